The normalized spacial score (nSPS) is 25.4. The van der Waals surface area contributed by atoms with Crippen molar-refractivity contribution in [1.29, 1.82) is 0 Å². The molecular weight excluding hydrogens is 210 g/mol. The largest absolute Gasteiger partial charge is 0.481 e. The molecule has 1 saturated heterocycles. The first-order chi connectivity index (χ1) is 7.25. The molecule has 2 N–H and O–H groups in total. The van der Waals surface area contributed by atoms with Crippen LogP contribution >= 0.6 is 0 Å². The van der Waals surface area contributed by atoms with Crippen LogP contribution in [0.5, 0.6) is 0 Å². The monoisotopic (exact) mass is 229 g/mol. The molecule has 0 spiro atoms. The van der Waals surface area contributed by atoms with Crippen molar-refractivity contribution >= 4 is 11.9 Å². The van der Waals surface area contributed by atoms with Gasteiger partial charge in [-0.2, -0.15) is 0 Å². The molecule has 1 atom stereocenters. The molecule has 5 nitrogen and oxygen atoms in total. The van der Waals surface area contributed by atoms with Crippen molar-refractivity contribution in [2.45, 2.75) is 51.2 Å². The highest BCUT2D eigenvalue weighted by atomic mass is 16.6. The Balaban J connectivity index is 2.77. The van der Waals surface area contributed by atoms with Crippen LogP contribution in [0.4, 0.5) is 0 Å². The van der Waals surface area contributed by atoms with E-state index in [0.717, 1.165) is 6.42 Å². The number of carboxylic acid groups (broad SMARTS) is 1. The van der Waals surface area contributed by atoms with Gasteiger partial charge in [0.25, 0.3) is 0 Å². The van der Waals surface area contributed by atoms with Crippen LogP contribution in [0, 0.1) is 0 Å². The molecule has 92 valence electrons. The fourth-order valence-electron chi connectivity index (χ4n) is 1.84. The molecule has 1 heterocycles. The number of nitrogens with one attached hydrogen (secondary N) is 1. The Morgan fingerprint density at radius 3 is 2.44 bits per heavy atom. The summed E-state index contributed by atoms with van der Waals surface area (Å²) in [7, 11) is 0. The lowest BCUT2D eigenvalue weighted by Gasteiger charge is -2.30. The number of hydrogen-bond donors (Lipinski definition) is 2. The molecule has 1 fully saturated rings. The van der Waals surface area contributed by atoms with Gasteiger partial charge in [-0.25, -0.2) is 0 Å². The fraction of sp³-hybridized carbons (Fsp3) is 0.818. The van der Waals surface area contributed by atoms with Gasteiger partial charge in [0.1, 0.15) is 11.1 Å². The Morgan fingerprint density at radius 2 is 2.06 bits per heavy atom. The molecule has 5 heteroatoms. The third-order valence-electron chi connectivity index (χ3n) is 2.49. The average molecular weight is 229 g/mol. The number of ether oxygens (including phenoxy) is 1. The Kier molecular flexibility index (Phi) is 3.57. The zero-order chi connectivity index (χ0) is 12.4. The van der Waals surface area contributed by atoms with E-state index >= 15 is 0 Å². The lowest BCUT2D eigenvalue weighted by Crippen LogP contribution is -2.52. The summed E-state index contributed by atoms with van der Waals surface area (Å²) >= 11 is 0. The summed E-state index contributed by atoms with van der Waals surface area (Å²) in [6, 6.07) is 0. The van der Waals surface area contributed by atoms with E-state index in [1.807, 2.05) is 0 Å². The van der Waals surface area contributed by atoms with Gasteiger partial charge < -0.3 is 15.2 Å². The molecule has 0 aromatic heterocycles. The summed E-state index contributed by atoms with van der Waals surface area (Å²) in [6.45, 7) is 5.98. The van der Waals surface area contributed by atoms with E-state index in [9.17, 15) is 9.59 Å². The SMILES string of the molecule is CC(C)(C)OC(=O)[C@]1(CC(=O)O)CCCN1. The molecule has 0 saturated carbocycles. The van der Waals surface area contributed by atoms with E-state index in [1.54, 1.807) is 20.8 Å². The zero-order valence-corrected chi connectivity index (χ0v) is 10.0. The second-order valence-corrected chi connectivity index (χ2v) is 5.18. The Hall–Kier alpha value is -1.10. The standard InChI is InChI=1S/C11H19NO4/c1-10(2,3)16-9(15)11(7-8(13)14)5-4-6-12-11/h12H,4-7H2,1-3H3,(H,13,14)/t11-/m1/s1. The summed E-state index contributed by atoms with van der Waals surface area (Å²) in [5.41, 5.74) is -1.62. The molecule has 0 radical (unpaired) electrons. The fourth-order valence-corrected chi connectivity index (χ4v) is 1.84. The maximum atomic E-state index is 12.0. The van der Waals surface area contributed by atoms with Gasteiger partial charge in [-0.1, -0.05) is 0 Å². The predicted octanol–water partition coefficient (Wildman–Crippen LogP) is 0.925. The Labute approximate surface area is 95.2 Å². The second-order valence-electron chi connectivity index (χ2n) is 5.18. The molecule has 0 unspecified atom stereocenters. The minimum absolute atomic E-state index is 0.220. The van der Waals surface area contributed by atoms with Gasteiger partial charge >= 0.3 is 11.9 Å². The molecule has 1 aliphatic heterocycles. The summed E-state index contributed by atoms with van der Waals surface area (Å²) < 4.78 is 5.26. The molecule has 0 aromatic rings. The number of carbonyl (C=O) groups excluding carboxylic acids is 1. The molecule has 0 aromatic carbocycles. The van der Waals surface area contributed by atoms with Crippen molar-refractivity contribution in [2.75, 3.05) is 6.54 Å². The minimum atomic E-state index is -1.03. The van der Waals surface area contributed by atoms with Gasteiger partial charge in [0.05, 0.1) is 6.42 Å². The van der Waals surface area contributed by atoms with Crippen LogP contribution in [0.2, 0.25) is 0 Å². The van der Waals surface area contributed by atoms with Crippen molar-refractivity contribution in [2.24, 2.45) is 0 Å². The van der Waals surface area contributed by atoms with Gasteiger partial charge in [0, 0.05) is 0 Å². The zero-order valence-electron chi connectivity index (χ0n) is 10.0. The number of esters is 1. The van der Waals surface area contributed by atoms with Crippen LogP contribution in [-0.4, -0.2) is 34.7 Å². The van der Waals surface area contributed by atoms with E-state index in [1.165, 1.54) is 0 Å². The topological polar surface area (TPSA) is 75.6 Å². The summed E-state index contributed by atoms with van der Waals surface area (Å²) in [6.07, 6.45) is 1.10. The van der Waals surface area contributed by atoms with Crippen LogP contribution in [-0.2, 0) is 14.3 Å². The highest BCUT2D eigenvalue weighted by Gasteiger charge is 2.45. The molecular formula is C11H19NO4. The van der Waals surface area contributed by atoms with Crippen molar-refractivity contribution in [1.82, 2.24) is 5.32 Å². The van der Waals surface area contributed by atoms with Gasteiger partial charge in [0.2, 0.25) is 0 Å². The van der Waals surface area contributed by atoms with Gasteiger partial charge in [-0.05, 0) is 40.2 Å². The van der Waals surface area contributed by atoms with Crippen molar-refractivity contribution in [3.63, 3.8) is 0 Å². The maximum absolute atomic E-state index is 12.0. The molecule has 1 aliphatic rings. The van der Waals surface area contributed by atoms with E-state index < -0.39 is 23.1 Å². The van der Waals surface area contributed by atoms with Crippen LogP contribution in [0.1, 0.15) is 40.0 Å². The highest BCUT2D eigenvalue weighted by molar-refractivity contribution is 5.87. The van der Waals surface area contributed by atoms with E-state index in [-0.39, 0.29) is 6.42 Å². The first-order valence-corrected chi connectivity index (χ1v) is 5.45. The second kappa shape index (κ2) is 4.41. The number of carboxylic acids is 1. The van der Waals surface area contributed by atoms with Gasteiger partial charge in [0.15, 0.2) is 0 Å². The summed E-state index contributed by atoms with van der Waals surface area (Å²) in [5, 5.41) is 11.8. The molecule has 16 heavy (non-hydrogen) atoms. The van der Waals surface area contributed by atoms with Crippen LogP contribution in [0.15, 0.2) is 0 Å². The Morgan fingerprint density at radius 1 is 1.44 bits per heavy atom. The number of hydrogen-bond acceptors (Lipinski definition) is 4. The molecule has 1 rings (SSSR count). The maximum Gasteiger partial charge on any atom is 0.327 e. The number of carbonyl (C=O) groups is 2. The molecule has 0 amide bonds. The van der Waals surface area contributed by atoms with Crippen molar-refractivity contribution < 1.29 is 19.4 Å². The molecule has 0 aliphatic carbocycles. The van der Waals surface area contributed by atoms with Crippen LogP contribution in [0.3, 0.4) is 0 Å². The first kappa shape index (κ1) is 13.0. The van der Waals surface area contributed by atoms with Crippen molar-refractivity contribution in [3.8, 4) is 0 Å². The highest BCUT2D eigenvalue weighted by Crippen LogP contribution is 2.26. The lowest BCUT2D eigenvalue weighted by molar-refractivity contribution is -0.165. The summed E-state index contributed by atoms with van der Waals surface area (Å²) in [4.78, 5) is 22.8. The Bertz CT molecular complexity index is 287. The third-order valence-corrected chi connectivity index (χ3v) is 2.49. The molecule has 0 bridgehead atoms. The van der Waals surface area contributed by atoms with E-state index in [2.05, 4.69) is 5.32 Å². The third kappa shape index (κ3) is 3.20. The van der Waals surface area contributed by atoms with Gasteiger partial charge in [-0.3, -0.25) is 9.59 Å². The van der Waals surface area contributed by atoms with E-state index in [0.29, 0.717) is 13.0 Å². The minimum Gasteiger partial charge on any atom is -0.481 e. The number of rotatable bonds is 3. The van der Waals surface area contributed by atoms with Crippen molar-refractivity contribution in [3.05, 3.63) is 0 Å². The predicted molar refractivity (Wildman–Crippen MR) is 58.1 cm³/mol. The average Bonchev–Trinajstić information content (AvgIpc) is 2.49. The van der Waals surface area contributed by atoms with Crippen LogP contribution < -0.4 is 5.32 Å². The smallest absolute Gasteiger partial charge is 0.327 e. The first-order valence-electron chi connectivity index (χ1n) is 5.45. The summed E-state index contributed by atoms with van der Waals surface area (Å²) in [5.74, 6) is -1.44. The lowest BCUT2D eigenvalue weighted by atomic mass is 9.93. The van der Waals surface area contributed by atoms with E-state index in [4.69, 9.17) is 9.84 Å². The number of aliphatic carboxylic acids is 1. The van der Waals surface area contributed by atoms with Gasteiger partial charge in [-0.15, -0.1) is 0 Å². The quantitative estimate of drug-likeness (QED) is 0.704. The van der Waals surface area contributed by atoms with Crippen LogP contribution in [0.25, 0.3) is 0 Å².